The lowest BCUT2D eigenvalue weighted by Crippen LogP contribution is -2.43. The lowest BCUT2D eigenvalue weighted by Gasteiger charge is -2.32. The number of aromatic nitrogens is 1. The van der Waals surface area contributed by atoms with E-state index in [0.29, 0.717) is 23.8 Å². The van der Waals surface area contributed by atoms with Crippen LogP contribution in [0, 0.1) is 11.7 Å². The van der Waals surface area contributed by atoms with E-state index in [1.54, 1.807) is 16.2 Å². The quantitative estimate of drug-likeness (QED) is 0.682. The lowest BCUT2D eigenvalue weighted by atomic mass is 9.96. The minimum atomic E-state index is -0.377. The molecule has 1 aromatic carbocycles. The number of likely N-dealkylation sites (tertiary alicyclic amines) is 1. The third-order valence-corrected chi connectivity index (χ3v) is 6.33. The number of carbonyl (C=O) groups excluding carboxylic acids is 2. The number of amides is 2. The van der Waals surface area contributed by atoms with Crippen molar-refractivity contribution >= 4 is 39.6 Å². The third-order valence-electron chi connectivity index (χ3n) is 4.68. The van der Waals surface area contributed by atoms with Crippen LogP contribution in [0.2, 0.25) is 0 Å². The summed E-state index contributed by atoms with van der Waals surface area (Å²) < 4.78 is 13.1. The molecule has 1 aliphatic rings. The Balaban J connectivity index is 1.39. The summed E-state index contributed by atoms with van der Waals surface area (Å²) in [5.74, 6) is -0.958. The second-order valence-electron chi connectivity index (χ2n) is 6.60. The summed E-state index contributed by atoms with van der Waals surface area (Å²) in [5, 5.41) is 7.36. The van der Waals surface area contributed by atoms with Crippen LogP contribution in [-0.2, 0) is 4.79 Å². The van der Waals surface area contributed by atoms with Crippen molar-refractivity contribution in [2.24, 2.45) is 5.92 Å². The topological polar surface area (TPSA) is 62.3 Å². The zero-order valence-corrected chi connectivity index (χ0v) is 16.6. The largest absolute Gasteiger partial charge is 0.338 e. The fraction of sp³-hybridized carbons (Fsp3) is 0.250. The molecule has 2 amide bonds. The van der Waals surface area contributed by atoms with Gasteiger partial charge in [-0.15, -0.1) is 22.7 Å². The first-order valence-corrected chi connectivity index (χ1v) is 10.7. The van der Waals surface area contributed by atoms with E-state index in [9.17, 15) is 14.0 Å². The number of hydrogen-bond donors (Lipinski definition) is 1. The molecule has 1 atom stereocenters. The highest BCUT2D eigenvalue weighted by Gasteiger charge is 2.29. The van der Waals surface area contributed by atoms with Crippen molar-refractivity contribution in [2.45, 2.75) is 12.8 Å². The molecule has 1 aliphatic heterocycles. The Morgan fingerprint density at radius 2 is 2.00 bits per heavy atom. The summed E-state index contributed by atoms with van der Waals surface area (Å²) >= 11 is 3.00. The molecule has 1 N–H and O–H groups in total. The second kappa shape index (κ2) is 8.20. The Hall–Kier alpha value is -2.58. The number of piperidine rings is 1. The average Bonchev–Trinajstić information content (AvgIpc) is 3.40. The van der Waals surface area contributed by atoms with Crippen LogP contribution in [0.1, 0.15) is 23.2 Å². The Bertz CT molecular complexity index is 970. The van der Waals surface area contributed by atoms with Gasteiger partial charge in [0.05, 0.1) is 16.5 Å². The van der Waals surface area contributed by atoms with E-state index in [4.69, 9.17) is 0 Å². The van der Waals surface area contributed by atoms with E-state index in [1.165, 1.54) is 35.6 Å². The molecule has 0 aliphatic carbocycles. The Labute approximate surface area is 169 Å². The van der Waals surface area contributed by atoms with E-state index < -0.39 is 0 Å². The molecule has 8 heteroatoms. The maximum atomic E-state index is 13.1. The fourth-order valence-corrected chi connectivity index (χ4v) is 4.70. The van der Waals surface area contributed by atoms with Gasteiger partial charge >= 0.3 is 0 Å². The summed E-state index contributed by atoms with van der Waals surface area (Å²) in [5.41, 5.74) is 1.29. The number of nitrogens with zero attached hydrogens (tertiary/aromatic N) is 2. The first-order chi connectivity index (χ1) is 13.6. The van der Waals surface area contributed by atoms with Crippen LogP contribution in [-0.4, -0.2) is 34.8 Å². The van der Waals surface area contributed by atoms with Gasteiger partial charge in [-0.25, -0.2) is 9.37 Å². The standard InChI is InChI=1S/C20H18FN3O2S2/c21-15-7-5-13(6-8-15)19(26)24-9-1-3-14(11-24)18(25)23-20-22-16(12-28-20)17-4-2-10-27-17/h2,4-8,10,12,14H,1,3,9,11H2,(H,22,23,25). The van der Waals surface area contributed by atoms with Gasteiger partial charge in [-0.05, 0) is 48.6 Å². The molecule has 0 radical (unpaired) electrons. The SMILES string of the molecule is O=C(Nc1nc(-c2cccs2)cs1)C1CCCN(C(=O)c2ccc(F)cc2)C1. The number of thiazole rings is 1. The highest BCUT2D eigenvalue weighted by atomic mass is 32.1. The van der Waals surface area contributed by atoms with Crippen LogP contribution < -0.4 is 5.32 Å². The van der Waals surface area contributed by atoms with Crippen LogP contribution in [0.25, 0.3) is 10.6 Å². The number of benzene rings is 1. The highest BCUT2D eigenvalue weighted by molar-refractivity contribution is 7.16. The van der Waals surface area contributed by atoms with E-state index >= 15 is 0 Å². The first kappa shape index (κ1) is 18.8. The van der Waals surface area contributed by atoms with Crippen LogP contribution in [0.5, 0.6) is 0 Å². The monoisotopic (exact) mass is 415 g/mol. The molecule has 3 heterocycles. The van der Waals surface area contributed by atoms with Crippen LogP contribution in [0.3, 0.4) is 0 Å². The lowest BCUT2D eigenvalue weighted by molar-refractivity contribution is -0.121. The molecule has 0 bridgehead atoms. The van der Waals surface area contributed by atoms with E-state index in [0.717, 1.165) is 23.4 Å². The van der Waals surface area contributed by atoms with Gasteiger partial charge in [-0.3, -0.25) is 9.59 Å². The van der Waals surface area contributed by atoms with Crippen molar-refractivity contribution in [3.05, 3.63) is 58.5 Å². The fourth-order valence-electron chi connectivity index (χ4n) is 3.23. The van der Waals surface area contributed by atoms with Crippen LogP contribution in [0.4, 0.5) is 9.52 Å². The third kappa shape index (κ3) is 4.13. The normalized spacial score (nSPS) is 16.8. The number of rotatable bonds is 4. The predicted octanol–water partition coefficient (Wildman–Crippen LogP) is 4.50. The van der Waals surface area contributed by atoms with Gasteiger partial charge in [-0.1, -0.05) is 6.07 Å². The molecule has 3 aromatic rings. The second-order valence-corrected chi connectivity index (χ2v) is 8.41. The van der Waals surface area contributed by atoms with Gasteiger partial charge in [-0.2, -0.15) is 0 Å². The van der Waals surface area contributed by atoms with Gasteiger partial charge in [0, 0.05) is 24.0 Å². The molecule has 144 valence electrons. The summed E-state index contributed by atoms with van der Waals surface area (Å²) in [4.78, 5) is 32.5. The average molecular weight is 416 g/mol. The van der Waals surface area contributed by atoms with Gasteiger partial charge in [0.2, 0.25) is 5.91 Å². The maximum absolute atomic E-state index is 13.1. The summed E-state index contributed by atoms with van der Waals surface area (Å²) in [6.45, 7) is 0.949. The van der Waals surface area contributed by atoms with Crippen LogP contribution >= 0.6 is 22.7 Å². The van der Waals surface area contributed by atoms with Crippen molar-refractivity contribution in [3.63, 3.8) is 0 Å². The van der Waals surface area contributed by atoms with E-state index in [-0.39, 0.29) is 23.5 Å². The van der Waals surface area contributed by atoms with Crippen molar-refractivity contribution in [3.8, 4) is 10.6 Å². The number of nitrogens with one attached hydrogen (secondary N) is 1. The Morgan fingerprint density at radius 3 is 2.75 bits per heavy atom. The molecule has 1 saturated heterocycles. The molecular weight excluding hydrogens is 397 g/mol. The molecule has 28 heavy (non-hydrogen) atoms. The van der Waals surface area contributed by atoms with Crippen LogP contribution in [0.15, 0.2) is 47.2 Å². The zero-order chi connectivity index (χ0) is 19.5. The number of carbonyl (C=O) groups is 2. The predicted molar refractivity (Wildman–Crippen MR) is 109 cm³/mol. The van der Waals surface area contributed by atoms with Gasteiger partial charge < -0.3 is 10.2 Å². The highest BCUT2D eigenvalue weighted by Crippen LogP contribution is 2.29. The molecule has 5 nitrogen and oxygen atoms in total. The molecule has 0 spiro atoms. The molecule has 0 saturated carbocycles. The molecule has 4 rings (SSSR count). The number of thiophene rings is 1. The van der Waals surface area contributed by atoms with Crippen molar-refractivity contribution in [2.75, 3.05) is 18.4 Å². The molecular formula is C20H18FN3O2S2. The summed E-state index contributed by atoms with van der Waals surface area (Å²) in [6, 6.07) is 9.45. The smallest absolute Gasteiger partial charge is 0.253 e. The van der Waals surface area contributed by atoms with Gasteiger partial charge in [0.15, 0.2) is 5.13 Å². The molecule has 2 aromatic heterocycles. The molecule has 1 unspecified atom stereocenters. The number of halogens is 1. The minimum absolute atomic E-state index is 0.122. The van der Waals surface area contributed by atoms with E-state index in [1.807, 2.05) is 22.9 Å². The first-order valence-electron chi connectivity index (χ1n) is 8.95. The Morgan fingerprint density at radius 1 is 1.18 bits per heavy atom. The van der Waals surface area contributed by atoms with Crippen molar-refractivity contribution in [1.82, 2.24) is 9.88 Å². The van der Waals surface area contributed by atoms with Crippen molar-refractivity contribution in [1.29, 1.82) is 0 Å². The minimum Gasteiger partial charge on any atom is -0.338 e. The van der Waals surface area contributed by atoms with Crippen molar-refractivity contribution < 1.29 is 14.0 Å². The number of anilines is 1. The summed E-state index contributed by atoms with van der Waals surface area (Å²) in [7, 11) is 0. The van der Waals surface area contributed by atoms with Gasteiger partial charge in [0.1, 0.15) is 5.82 Å². The Kier molecular flexibility index (Phi) is 5.50. The summed E-state index contributed by atoms with van der Waals surface area (Å²) in [6.07, 6.45) is 1.48. The maximum Gasteiger partial charge on any atom is 0.253 e. The molecule has 1 fully saturated rings. The van der Waals surface area contributed by atoms with Gasteiger partial charge in [0.25, 0.3) is 5.91 Å². The van der Waals surface area contributed by atoms with E-state index in [2.05, 4.69) is 10.3 Å². The zero-order valence-electron chi connectivity index (χ0n) is 14.9. The number of hydrogen-bond acceptors (Lipinski definition) is 5.